The molecule has 0 aliphatic heterocycles. The van der Waals surface area contributed by atoms with Gasteiger partial charge in [-0.15, -0.1) is 0 Å². The zero-order valence-corrected chi connectivity index (χ0v) is 10.2. The van der Waals surface area contributed by atoms with E-state index in [2.05, 4.69) is 32.5 Å². The highest BCUT2D eigenvalue weighted by Crippen LogP contribution is 2.07. The summed E-state index contributed by atoms with van der Waals surface area (Å²) in [7, 11) is 0. The van der Waals surface area contributed by atoms with E-state index in [0.29, 0.717) is 5.11 Å². The number of anilines is 1. The molecule has 0 saturated carbocycles. The number of aryl methyl sites for hydroxylation is 1. The topological polar surface area (TPSA) is 76.7 Å². The highest BCUT2D eigenvalue weighted by atomic mass is 32.1. The summed E-state index contributed by atoms with van der Waals surface area (Å²) in [6.07, 6.45) is 4.31. The number of hydrogen-bond acceptors (Lipinski definition) is 4. The summed E-state index contributed by atoms with van der Waals surface area (Å²) in [6.45, 7) is 2.03. The molecule has 17 heavy (non-hydrogen) atoms. The van der Waals surface area contributed by atoms with E-state index in [4.69, 9.17) is 5.73 Å². The van der Waals surface area contributed by atoms with Crippen molar-refractivity contribution in [2.45, 2.75) is 6.92 Å². The molecular weight excluding hydrogens is 234 g/mol. The molecule has 0 aliphatic rings. The summed E-state index contributed by atoms with van der Waals surface area (Å²) >= 11 is 4.68. The van der Waals surface area contributed by atoms with Crippen molar-refractivity contribution >= 4 is 23.0 Å². The average Bonchev–Trinajstić information content (AvgIpc) is 2.35. The Hall–Kier alpha value is -2.08. The molecule has 1 aromatic carbocycles. The predicted octanol–water partition coefficient (Wildman–Crippen LogP) is 1.52. The molecule has 0 saturated heterocycles. The Morgan fingerprint density at radius 3 is 1.88 bits per heavy atom. The van der Waals surface area contributed by atoms with E-state index >= 15 is 0 Å². The van der Waals surface area contributed by atoms with Gasteiger partial charge < -0.3 is 11.1 Å². The van der Waals surface area contributed by atoms with Gasteiger partial charge in [0.2, 0.25) is 0 Å². The van der Waals surface area contributed by atoms with E-state index < -0.39 is 0 Å². The molecule has 1 aromatic heterocycles. The van der Waals surface area contributed by atoms with E-state index in [1.165, 1.54) is 24.5 Å². The quantitative estimate of drug-likeness (QED) is 0.744. The second-order valence-electron chi connectivity index (χ2n) is 3.15. The van der Waals surface area contributed by atoms with E-state index in [-0.39, 0.29) is 0 Å². The van der Waals surface area contributed by atoms with Crippen LogP contribution in [-0.4, -0.2) is 20.1 Å². The minimum Gasteiger partial charge on any atom is -0.376 e. The van der Waals surface area contributed by atoms with Crippen LogP contribution in [0.1, 0.15) is 5.56 Å². The molecular formula is C11H13N5S. The standard InChI is InChI=1S/C8H10N2S.C3H3N3/c1-6-2-4-7(5-3-6)10-8(9)11;1-4-2-6-3-5-1/h2-5H,1H3,(H3,9,10,11);1-3H. The third kappa shape index (κ3) is 6.16. The minimum absolute atomic E-state index is 0.300. The zero-order valence-electron chi connectivity index (χ0n) is 9.37. The molecule has 1 heterocycles. The second kappa shape index (κ2) is 7.24. The normalized spacial score (nSPS) is 8.76. The summed E-state index contributed by atoms with van der Waals surface area (Å²) in [5, 5.41) is 3.14. The van der Waals surface area contributed by atoms with E-state index in [9.17, 15) is 0 Å². The summed E-state index contributed by atoms with van der Waals surface area (Å²) in [6, 6.07) is 7.88. The summed E-state index contributed by atoms with van der Waals surface area (Å²) < 4.78 is 0. The number of nitrogens with zero attached hydrogens (tertiary/aromatic N) is 3. The lowest BCUT2D eigenvalue weighted by Crippen LogP contribution is -2.18. The lowest BCUT2D eigenvalue weighted by molar-refractivity contribution is 1.05. The smallest absolute Gasteiger partial charge is 0.168 e. The van der Waals surface area contributed by atoms with E-state index in [1.807, 2.05) is 31.2 Å². The third-order valence-corrected chi connectivity index (χ3v) is 1.82. The van der Waals surface area contributed by atoms with Crippen molar-refractivity contribution in [2.24, 2.45) is 5.73 Å². The largest absolute Gasteiger partial charge is 0.376 e. The first-order valence-electron chi connectivity index (χ1n) is 4.86. The molecule has 6 heteroatoms. The number of hydrogen-bond donors (Lipinski definition) is 2. The molecule has 0 aliphatic carbocycles. The number of nitrogens with one attached hydrogen (secondary N) is 1. The minimum atomic E-state index is 0.300. The van der Waals surface area contributed by atoms with Gasteiger partial charge in [0.1, 0.15) is 19.0 Å². The molecule has 0 bridgehead atoms. The predicted molar refractivity (Wildman–Crippen MR) is 71.4 cm³/mol. The molecule has 3 N–H and O–H groups in total. The van der Waals surface area contributed by atoms with Crippen molar-refractivity contribution < 1.29 is 0 Å². The molecule has 2 rings (SSSR count). The van der Waals surface area contributed by atoms with E-state index in [1.54, 1.807) is 0 Å². The molecule has 0 fully saturated rings. The molecule has 0 radical (unpaired) electrons. The number of rotatable bonds is 1. The number of benzene rings is 1. The fourth-order valence-electron chi connectivity index (χ4n) is 0.984. The van der Waals surface area contributed by atoms with Crippen LogP contribution in [0.2, 0.25) is 0 Å². The Kier molecular flexibility index (Phi) is 5.53. The van der Waals surface area contributed by atoms with Gasteiger partial charge in [0.15, 0.2) is 5.11 Å². The molecule has 0 spiro atoms. The molecule has 2 aromatic rings. The molecule has 0 atom stereocenters. The van der Waals surface area contributed by atoms with Crippen LogP contribution in [0.4, 0.5) is 5.69 Å². The van der Waals surface area contributed by atoms with Crippen LogP contribution in [0.15, 0.2) is 43.2 Å². The third-order valence-electron chi connectivity index (χ3n) is 1.72. The van der Waals surface area contributed by atoms with Gasteiger partial charge in [-0.3, -0.25) is 0 Å². The van der Waals surface area contributed by atoms with Gasteiger partial charge in [0.25, 0.3) is 0 Å². The van der Waals surface area contributed by atoms with Crippen LogP contribution < -0.4 is 11.1 Å². The lowest BCUT2D eigenvalue weighted by Gasteiger charge is -2.02. The lowest BCUT2D eigenvalue weighted by atomic mass is 10.2. The first-order chi connectivity index (χ1) is 8.18. The van der Waals surface area contributed by atoms with Crippen LogP contribution in [0, 0.1) is 6.92 Å². The molecule has 5 nitrogen and oxygen atoms in total. The summed E-state index contributed by atoms with van der Waals surface area (Å²) in [5.41, 5.74) is 7.44. The molecule has 0 amide bonds. The molecule has 0 unspecified atom stereocenters. The number of thiocarbonyl (C=S) groups is 1. The Morgan fingerprint density at radius 1 is 1.06 bits per heavy atom. The highest BCUT2D eigenvalue weighted by molar-refractivity contribution is 7.80. The first kappa shape index (κ1) is 13.0. The Bertz CT molecular complexity index is 416. The van der Waals surface area contributed by atoms with Gasteiger partial charge in [0.05, 0.1) is 0 Å². The van der Waals surface area contributed by atoms with Crippen molar-refractivity contribution in [3.8, 4) is 0 Å². The Labute approximate surface area is 105 Å². The second-order valence-corrected chi connectivity index (χ2v) is 3.59. The Balaban J connectivity index is 0.000000202. The maximum absolute atomic E-state index is 5.28. The van der Waals surface area contributed by atoms with E-state index in [0.717, 1.165) is 5.69 Å². The fraction of sp³-hybridized carbons (Fsp3) is 0.0909. The number of aromatic nitrogens is 3. The average molecular weight is 247 g/mol. The first-order valence-corrected chi connectivity index (χ1v) is 5.27. The van der Waals surface area contributed by atoms with Gasteiger partial charge in [-0.05, 0) is 31.3 Å². The van der Waals surface area contributed by atoms with Crippen molar-refractivity contribution in [1.82, 2.24) is 15.0 Å². The van der Waals surface area contributed by atoms with Gasteiger partial charge in [0, 0.05) is 5.69 Å². The Morgan fingerprint density at radius 2 is 1.53 bits per heavy atom. The maximum Gasteiger partial charge on any atom is 0.168 e. The van der Waals surface area contributed by atoms with Crippen molar-refractivity contribution in [3.63, 3.8) is 0 Å². The van der Waals surface area contributed by atoms with Crippen molar-refractivity contribution in [1.29, 1.82) is 0 Å². The van der Waals surface area contributed by atoms with Gasteiger partial charge in [-0.2, -0.15) is 0 Å². The summed E-state index contributed by atoms with van der Waals surface area (Å²) in [4.78, 5) is 10.7. The van der Waals surface area contributed by atoms with Crippen LogP contribution in [0.25, 0.3) is 0 Å². The molecule has 88 valence electrons. The van der Waals surface area contributed by atoms with Gasteiger partial charge >= 0.3 is 0 Å². The van der Waals surface area contributed by atoms with Crippen molar-refractivity contribution in [3.05, 3.63) is 48.8 Å². The van der Waals surface area contributed by atoms with Crippen LogP contribution in [-0.2, 0) is 0 Å². The summed E-state index contributed by atoms with van der Waals surface area (Å²) in [5.74, 6) is 0. The maximum atomic E-state index is 5.28. The van der Waals surface area contributed by atoms with Gasteiger partial charge in [-0.25, -0.2) is 15.0 Å². The van der Waals surface area contributed by atoms with Crippen LogP contribution in [0.3, 0.4) is 0 Å². The fourth-order valence-corrected chi connectivity index (χ4v) is 1.10. The SMILES string of the molecule is Cc1ccc(NC(N)=S)cc1.c1ncncn1. The monoisotopic (exact) mass is 247 g/mol. The number of nitrogens with two attached hydrogens (primary N) is 1. The van der Waals surface area contributed by atoms with Crippen LogP contribution in [0.5, 0.6) is 0 Å². The highest BCUT2D eigenvalue weighted by Gasteiger charge is 1.90. The van der Waals surface area contributed by atoms with Crippen LogP contribution >= 0.6 is 12.2 Å². The van der Waals surface area contributed by atoms with Crippen molar-refractivity contribution in [2.75, 3.05) is 5.32 Å². The zero-order chi connectivity index (χ0) is 12.5. The van der Waals surface area contributed by atoms with Gasteiger partial charge in [-0.1, -0.05) is 17.7 Å².